The standard InChI is InChI=1S/C19H22N2O5/c1-5-26-18-13(7-6-8-17(18)25-4)12-20-21-19(22)14-9-15(23-2)11-16(10-14)24-3/h6-12H,5H2,1-4H3,(H,21,22). The number of methoxy groups -OCH3 is 3. The Morgan fingerprint density at radius 3 is 2.35 bits per heavy atom. The van der Waals surface area contributed by atoms with Gasteiger partial charge in [0, 0.05) is 17.2 Å². The lowest BCUT2D eigenvalue weighted by Crippen LogP contribution is -2.17. The Morgan fingerprint density at radius 2 is 1.77 bits per heavy atom. The molecule has 1 amide bonds. The number of para-hydroxylation sites is 1. The van der Waals surface area contributed by atoms with Gasteiger partial charge in [-0.15, -0.1) is 0 Å². The van der Waals surface area contributed by atoms with Crippen LogP contribution in [0.3, 0.4) is 0 Å². The number of carbonyl (C=O) groups is 1. The first-order valence-electron chi connectivity index (χ1n) is 7.99. The van der Waals surface area contributed by atoms with E-state index in [1.54, 1.807) is 31.4 Å². The number of nitrogens with zero attached hydrogens (tertiary/aromatic N) is 1. The van der Waals surface area contributed by atoms with E-state index >= 15 is 0 Å². The van der Waals surface area contributed by atoms with Gasteiger partial charge in [-0.2, -0.15) is 5.10 Å². The molecule has 0 atom stereocenters. The predicted molar refractivity (Wildman–Crippen MR) is 98.8 cm³/mol. The molecule has 7 nitrogen and oxygen atoms in total. The lowest BCUT2D eigenvalue weighted by atomic mass is 10.2. The van der Waals surface area contributed by atoms with Gasteiger partial charge in [0.05, 0.1) is 34.2 Å². The van der Waals surface area contributed by atoms with E-state index in [0.29, 0.717) is 40.7 Å². The fraction of sp³-hybridized carbons (Fsp3) is 0.263. The van der Waals surface area contributed by atoms with Gasteiger partial charge in [-0.25, -0.2) is 5.43 Å². The lowest BCUT2D eigenvalue weighted by Gasteiger charge is -2.11. The van der Waals surface area contributed by atoms with E-state index in [0.717, 1.165) is 0 Å². The van der Waals surface area contributed by atoms with Crippen LogP contribution in [0.25, 0.3) is 0 Å². The summed E-state index contributed by atoms with van der Waals surface area (Å²) in [5.41, 5.74) is 3.54. The highest BCUT2D eigenvalue weighted by Gasteiger charge is 2.10. The van der Waals surface area contributed by atoms with E-state index < -0.39 is 0 Å². The molecule has 2 aromatic carbocycles. The highest BCUT2D eigenvalue weighted by atomic mass is 16.5. The van der Waals surface area contributed by atoms with Crippen LogP contribution in [0, 0.1) is 0 Å². The second-order valence-corrected chi connectivity index (χ2v) is 5.11. The summed E-state index contributed by atoms with van der Waals surface area (Å²) in [4.78, 5) is 12.3. The van der Waals surface area contributed by atoms with Gasteiger partial charge in [-0.1, -0.05) is 6.07 Å². The highest BCUT2D eigenvalue weighted by molar-refractivity contribution is 5.96. The third-order valence-electron chi connectivity index (χ3n) is 3.50. The maximum Gasteiger partial charge on any atom is 0.271 e. The zero-order valence-electron chi connectivity index (χ0n) is 15.2. The summed E-state index contributed by atoms with van der Waals surface area (Å²) in [7, 11) is 4.61. The second-order valence-electron chi connectivity index (χ2n) is 5.11. The van der Waals surface area contributed by atoms with Crippen molar-refractivity contribution in [3.8, 4) is 23.0 Å². The molecule has 138 valence electrons. The van der Waals surface area contributed by atoms with Crippen LogP contribution in [0.1, 0.15) is 22.8 Å². The number of amides is 1. The zero-order valence-corrected chi connectivity index (χ0v) is 15.2. The summed E-state index contributed by atoms with van der Waals surface area (Å²) < 4.78 is 21.2. The smallest absolute Gasteiger partial charge is 0.271 e. The fourth-order valence-corrected chi connectivity index (χ4v) is 2.26. The number of rotatable bonds is 8. The summed E-state index contributed by atoms with van der Waals surface area (Å²) in [5, 5.41) is 4.01. The average Bonchev–Trinajstić information content (AvgIpc) is 2.68. The van der Waals surface area contributed by atoms with E-state index in [4.69, 9.17) is 18.9 Å². The Kier molecular flexibility index (Phi) is 6.84. The van der Waals surface area contributed by atoms with Crippen molar-refractivity contribution in [1.82, 2.24) is 5.43 Å². The van der Waals surface area contributed by atoms with Crippen LogP contribution in [-0.4, -0.2) is 40.1 Å². The van der Waals surface area contributed by atoms with Crippen molar-refractivity contribution >= 4 is 12.1 Å². The van der Waals surface area contributed by atoms with Crippen molar-refractivity contribution in [2.24, 2.45) is 5.10 Å². The molecule has 0 aliphatic carbocycles. The van der Waals surface area contributed by atoms with E-state index in [2.05, 4.69) is 10.5 Å². The molecular formula is C19H22N2O5. The Labute approximate surface area is 152 Å². The van der Waals surface area contributed by atoms with Crippen molar-refractivity contribution in [1.29, 1.82) is 0 Å². The molecule has 0 saturated heterocycles. The average molecular weight is 358 g/mol. The first-order chi connectivity index (χ1) is 12.6. The summed E-state index contributed by atoms with van der Waals surface area (Å²) >= 11 is 0. The third-order valence-corrected chi connectivity index (χ3v) is 3.50. The topological polar surface area (TPSA) is 78.4 Å². The van der Waals surface area contributed by atoms with Crippen LogP contribution in [0.2, 0.25) is 0 Å². The van der Waals surface area contributed by atoms with Crippen molar-refractivity contribution < 1.29 is 23.7 Å². The van der Waals surface area contributed by atoms with Gasteiger partial charge < -0.3 is 18.9 Å². The third kappa shape index (κ3) is 4.66. The Hall–Kier alpha value is -3.22. The number of ether oxygens (including phenoxy) is 4. The van der Waals surface area contributed by atoms with Gasteiger partial charge in [-0.3, -0.25) is 4.79 Å². The van der Waals surface area contributed by atoms with E-state index in [-0.39, 0.29) is 5.91 Å². The Bertz CT molecular complexity index is 767. The molecule has 0 bridgehead atoms. The van der Waals surface area contributed by atoms with Crippen LogP contribution < -0.4 is 24.4 Å². The number of hydrogen-bond donors (Lipinski definition) is 1. The summed E-state index contributed by atoms with van der Waals surface area (Å²) in [6.07, 6.45) is 1.50. The van der Waals surface area contributed by atoms with Gasteiger partial charge in [0.25, 0.3) is 5.91 Å². The molecule has 0 saturated carbocycles. The van der Waals surface area contributed by atoms with Crippen molar-refractivity contribution in [2.75, 3.05) is 27.9 Å². The van der Waals surface area contributed by atoms with E-state index in [1.165, 1.54) is 20.4 Å². The summed E-state index contributed by atoms with van der Waals surface area (Å²) in [6, 6.07) is 10.3. The molecular weight excluding hydrogens is 336 g/mol. The largest absolute Gasteiger partial charge is 0.497 e. The molecule has 0 aliphatic rings. The van der Waals surface area contributed by atoms with Gasteiger partial charge >= 0.3 is 0 Å². The summed E-state index contributed by atoms with van der Waals surface area (Å²) in [6.45, 7) is 2.36. The Morgan fingerprint density at radius 1 is 1.08 bits per heavy atom. The number of hydrogen-bond acceptors (Lipinski definition) is 6. The molecule has 0 unspecified atom stereocenters. The van der Waals surface area contributed by atoms with Crippen LogP contribution in [0.15, 0.2) is 41.5 Å². The van der Waals surface area contributed by atoms with Crippen LogP contribution in [0.5, 0.6) is 23.0 Å². The highest BCUT2D eigenvalue weighted by Crippen LogP contribution is 2.30. The van der Waals surface area contributed by atoms with E-state index in [9.17, 15) is 4.79 Å². The molecule has 7 heteroatoms. The molecule has 1 N–H and O–H groups in total. The van der Waals surface area contributed by atoms with Crippen molar-refractivity contribution in [2.45, 2.75) is 6.92 Å². The minimum Gasteiger partial charge on any atom is -0.497 e. The SMILES string of the molecule is CCOc1c(C=NNC(=O)c2cc(OC)cc(OC)c2)cccc1OC. The normalized spacial score (nSPS) is 10.5. The maximum atomic E-state index is 12.3. The lowest BCUT2D eigenvalue weighted by molar-refractivity contribution is 0.0954. The van der Waals surface area contributed by atoms with Crippen LogP contribution in [-0.2, 0) is 0 Å². The first kappa shape index (κ1) is 19.1. The molecule has 0 spiro atoms. The van der Waals surface area contributed by atoms with Crippen LogP contribution >= 0.6 is 0 Å². The van der Waals surface area contributed by atoms with Gasteiger partial charge in [0.15, 0.2) is 11.5 Å². The quantitative estimate of drug-likeness (QED) is 0.580. The molecule has 0 aromatic heterocycles. The van der Waals surface area contributed by atoms with Gasteiger partial charge in [0.2, 0.25) is 0 Å². The zero-order chi connectivity index (χ0) is 18.9. The fourth-order valence-electron chi connectivity index (χ4n) is 2.26. The molecule has 2 aromatic rings. The molecule has 26 heavy (non-hydrogen) atoms. The molecule has 0 heterocycles. The molecule has 0 radical (unpaired) electrons. The minimum atomic E-state index is -0.390. The van der Waals surface area contributed by atoms with Gasteiger partial charge in [-0.05, 0) is 31.2 Å². The number of carbonyl (C=O) groups excluding carboxylic acids is 1. The molecule has 0 fully saturated rings. The monoisotopic (exact) mass is 358 g/mol. The Balaban J connectivity index is 2.17. The van der Waals surface area contributed by atoms with Crippen LogP contribution in [0.4, 0.5) is 0 Å². The summed E-state index contributed by atoms with van der Waals surface area (Å²) in [5.74, 6) is 1.81. The minimum absolute atomic E-state index is 0.369. The maximum absolute atomic E-state index is 12.3. The second kappa shape index (κ2) is 9.31. The van der Waals surface area contributed by atoms with Crippen molar-refractivity contribution in [3.05, 3.63) is 47.5 Å². The van der Waals surface area contributed by atoms with E-state index in [1.807, 2.05) is 19.1 Å². The number of benzene rings is 2. The number of hydrazone groups is 1. The van der Waals surface area contributed by atoms with Crippen molar-refractivity contribution in [3.63, 3.8) is 0 Å². The molecule has 0 aliphatic heterocycles. The molecule has 2 rings (SSSR count). The first-order valence-corrected chi connectivity index (χ1v) is 7.99. The predicted octanol–water partition coefficient (Wildman–Crippen LogP) is 2.88. The van der Waals surface area contributed by atoms with Gasteiger partial charge in [0.1, 0.15) is 11.5 Å². The number of nitrogens with one attached hydrogen (secondary N) is 1.